The van der Waals surface area contributed by atoms with Crippen molar-refractivity contribution in [3.05, 3.63) is 11.3 Å². The van der Waals surface area contributed by atoms with Crippen LogP contribution in [-0.2, 0) is 4.74 Å². The van der Waals surface area contributed by atoms with Gasteiger partial charge in [0.1, 0.15) is 5.76 Å². The van der Waals surface area contributed by atoms with Gasteiger partial charge in [-0.15, -0.1) is 13.2 Å². The molecule has 0 heterocycles. The standard InChI is InChI=1S/C4H4ClF3O/c1-3(2-5)9-4(6,7)8/h2H,1H3/b3-2-. The third-order valence-electron chi connectivity index (χ3n) is 0.430. The summed E-state index contributed by atoms with van der Waals surface area (Å²) in [5.41, 5.74) is 0.716. The molecule has 5 heteroatoms. The SMILES string of the molecule is C/C(=C/Cl)OC(F)(F)F. The largest absolute Gasteiger partial charge is 0.572 e. The quantitative estimate of drug-likeness (QED) is 0.536. The van der Waals surface area contributed by atoms with Gasteiger partial charge in [-0.3, -0.25) is 0 Å². The highest BCUT2D eigenvalue weighted by Gasteiger charge is 2.30. The Hall–Kier alpha value is -0.380. The first kappa shape index (κ1) is 8.62. The number of hydrogen-bond acceptors (Lipinski definition) is 1. The maximum absolute atomic E-state index is 11.2. The number of hydrogen-bond donors (Lipinski definition) is 0. The van der Waals surface area contributed by atoms with E-state index in [1.807, 2.05) is 0 Å². The van der Waals surface area contributed by atoms with Crippen LogP contribution in [0.3, 0.4) is 0 Å². The maximum atomic E-state index is 11.2. The van der Waals surface area contributed by atoms with E-state index in [0.717, 1.165) is 6.92 Å². The lowest BCUT2D eigenvalue weighted by Gasteiger charge is -2.06. The fraction of sp³-hybridized carbons (Fsp3) is 0.500. The molecule has 1 nitrogen and oxygen atoms in total. The minimum atomic E-state index is -4.63. The second-order valence-electron chi connectivity index (χ2n) is 1.27. The van der Waals surface area contributed by atoms with E-state index in [2.05, 4.69) is 4.74 Å². The Balaban J connectivity index is 3.75. The van der Waals surface area contributed by atoms with Crippen LogP contribution in [0.2, 0.25) is 0 Å². The molecule has 0 fully saturated rings. The van der Waals surface area contributed by atoms with Gasteiger partial charge < -0.3 is 4.74 Å². The van der Waals surface area contributed by atoms with Crippen LogP contribution in [0.25, 0.3) is 0 Å². The molecule has 0 aromatic rings. The first-order valence-electron chi connectivity index (χ1n) is 1.98. The maximum Gasteiger partial charge on any atom is 0.572 e. The van der Waals surface area contributed by atoms with Crippen molar-refractivity contribution in [3.8, 4) is 0 Å². The highest BCUT2D eigenvalue weighted by molar-refractivity contribution is 6.25. The molecular formula is C4H4ClF3O. The van der Waals surface area contributed by atoms with Crippen molar-refractivity contribution >= 4 is 11.6 Å². The Morgan fingerprint density at radius 2 is 2.00 bits per heavy atom. The summed E-state index contributed by atoms with van der Waals surface area (Å²) in [6.07, 6.45) is -4.63. The number of alkyl halides is 3. The number of allylic oxidation sites excluding steroid dienone is 1. The number of rotatable bonds is 1. The van der Waals surface area contributed by atoms with Gasteiger partial charge in [0, 0.05) is 5.54 Å². The summed E-state index contributed by atoms with van der Waals surface area (Å²) in [4.78, 5) is 0. The molecule has 0 aromatic carbocycles. The summed E-state index contributed by atoms with van der Waals surface area (Å²) < 4.78 is 36.8. The van der Waals surface area contributed by atoms with Gasteiger partial charge in [-0.05, 0) is 6.92 Å². The predicted molar refractivity (Wildman–Crippen MR) is 26.7 cm³/mol. The second kappa shape index (κ2) is 2.96. The molecule has 54 valence electrons. The van der Waals surface area contributed by atoms with Gasteiger partial charge in [-0.2, -0.15) is 0 Å². The highest BCUT2D eigenvalue weighted by atomic mass is 35.5. The third-order valence-corrected chi connectivity index (χ3v) is 0.738. The Morgan fingerprint density at radius 1 is 1.56 bits per heavy atom. The zero-order valence-corrected chi connectivity index (χ0v) is 5.25. The van der Waals surface area contributed by atoms with Gasteiger partial charge in [-0.1, -0.05) is 11.6 Å². The molecule has 0 aliphatic carbocycles. The van der Waals surface area contributed by atoms with Crippen molar-refractivity contribution in [1.29, 1.82) is 0 Å². The fourth-order valence-corrected chi connectivity index (χ4v) is 0.249. The molecule has 0 aromatic heterocycles. The molecular weight excluding hydrogens is 156 g/mol. The molecule has 9 heavy (non-hydrogen) atoms. The van der Waals surface area contributed by atoms with Crippen molar-refractivity contribution < 1.29 is 17.9 Å². The summed E-state index contributed by atoms with van der Waals surface area (Å²) in [6.45, 7) is 1.11. The van der Waals surface area contributed by atoms with Gasteiger partial charge in [0.15, 0.2) is 0 Å². The van der Waals surface area contributed by atoms with E-state index < -0.39 is 6.36 Å². The summed E-state index contributed by atoms with van der Waals surface area (Å²) in [7, 11) is 0. The lowest BCUT2D eigenvalue weighted by molar-refractivity contribution is -0.305. The van der Waals surface area contributed by atoms with Gasteiger partial charge in [0.05, 0.1) is 0 Å². The first-order valence-corrected chi connectivity index (χ1v) is 2.42. The van der Waals surface area contributed by atoms with Gasteiger partial charge in [0.2, 0.25) is 0 Å². The third kappa shape index (κ3) is 5.49. The van der Waals surface area contributed by atoms with Crippen LogP contribution in [0.1, 0.15) is 6.92 Å². The van der Waals surface area contributed by atoms with E-state index in [1.54, 1.807) is 0 Å². The highest BCUT2D eigenvalue weighted by Crippen LogP contribution is 2.20. The molecule has 0 atom stereocenters. The Labute approximate surface area is 55.1 Å². The van der Waals surface area contributed by atoms with E-state index in [4.69, 9.17) is 11.6 Å². The lowest BCUT2D eigenvalue weighted by atomic mass is 10.7. The van der Waals surface area contributed by atoms with Gasteiger partial charge >= 0.3 is 6.36 Å². The van der Waals surface area contributed by atoms with Crippen LogP contribution < -0.4 is 0 Å². The summed E-state index contributed by atoms with van der Waals surface area (Å²) >= 11 is 4.87. The average molecular weight is 161 g/mol. The van der Waals surface area contributed by atoms with E-state index in [9.17, 15) is 13.2 Å². The Morgan fingerprint density at radius 3 is 2.11 bits per heavy atom. The minimum Gasteiger partial charge on any atom is -0.410 e. The van der Waals surface area contributed by atoms with Crippen molar-refractivity contribution in [2.45, 2.75) is 13.3 Å². The predicted octanol–water partition coefficient (Wildman–Crippen LogP) is 2.62. The molecule has 0 spiro atoms. The Bertz CT molecular complexity index is 117. The molecule has 0 N–H and O–H groups in total. The second-order valence-corrected chi connectivity index (χ2v) is 1.49. The van der Waals surface area contributed by atoms with Crippen LogP contribution in [-0.4, -0.2) is 6.36 Å². The molecule has 0 aliphatic rings. The Kier molecular flexibility index (Phi) is 2.84. The van der Waals surface area contributed by atoms with Crippen LogP contribution in [0, 0.1) is 0 Å². The molecule has 0 aliphatic heterocycles. The van der Waals surface area contributed by atoms with Crippen molar-refractivity contribution in [2.24, 2.45) is 0 Å². The molecule has 0 bridgehead atoms. The molecule has 0 radical (unpaired) electrons. The van der Waals surface area contributed by atoms with Crippen molar-refractivity contribution in [3.63, 3.8) is 0 Å². The van der Waals surface area contributed by atoms with Crippen LogP contribution in [0.15, 0.2) is 11.3 Å². The fourth-order valence-electron chi connectivity index (χ4n) is 0.205. The normalized spacial score (nSPS) is 13.7. The smallest absolute Gasteiger partial charge is 0.410 e. The monoisotopic (exact) mass is 160 g/mol. The molecule has 0 unspecified atom stereocenters. The summed E-state index contributed by atoms with van der Waals surface area (Å²) in [5.74, 6) is -0.371. The van der Waals surface area contributed by atoms with E-state index in [-0.39, 0.29) is 5.76 Å². The van der Waals surface area contributed by atoms with E-state index in [1.165, 1.54) is 0 Å². The lowest BCUT2D eigenvalue weighted by Crippen LogP contribution is -2.11. The minimum absolute atomic E-state index is 0.371. The van der Waals surface area contributed by atoms with Crippen LogP contribution in [0.4, 0.5) is 13.2 Å². The van der Waals surface area contributed by atoms with Gasteiger partial charge in [-0.25, -0.2) is 0 Å². The summed E-state index contributed by atoms with van der Waals surface area (Å²) in [5, 5.41) is 0. The van der Waals surface area contributed by atoms with E-state index in [0.29, 0.717) is 5.54 Å². The van der Waals surface area contributed by atoms with Gasteiger partial charge in [0.25, 0.3) is 0 Å². The molecule has 0 rings (SSSR count). The van der Waals surface area contributed by atoms with Crippen LogP contribution in [0.5, 0.6) is 0 Å². The van der Waals surface area contributed by atoms with Crippen molar-refractivity contribution in [2.75, 3.05) is 0 Å². The summed E-state index contributed by atoms with van der Waals surface area (Å²) in [6, 6.07) is 0. The van der Waals surface area contributed by atoms with E-state index >= 15 is 0 Å². The van der Waals surface area contributed by atoms with Crippen LogP contribution >= 0.6 is 11.6 Å². The zero-order valence-electron chi connectivity index (χ0n) is 4.50. The molecule has 0 saturated carbocycles. The molecule has 0 amide bonds. The molecule has 0 saturated heterocycles. The first-order chi connectivity index (χ1) is 3.95. The van der Waals surface area contributed by atoms with Crippen molar-refractivity contribution in [1.82, 2.24) is 0 Å². The number of halogens is 4. The average Bonchev–Trinajstić information content (AvgIpc) is 1.62. The number of ether oxygens (including phenoxy) is 1. The zero-order chi connectivity index (χ0) is 7.49. The topological polar surface area (TPSA) is 9.23 Å².